The minimum absolute atomic E-state index is 0.208. The van der Waals surface area contributed by atoms with Gasteiger partial charge in [-0.2, -0.15) is 0 Å². The van der Waals surface area contributed by atoms with Crippen LogP contribution in [-0.2, 0) is 22.6 Å². The Balaban J connectivity index is 2.27. The minimum atomic E-state index is -0.262. The van der Waals surface area contributed by atoms with Gasteiger partial charge >= 0.3 is 0 Å². The Morgan fingerprint density at radius 3 is 2.65 bits per heavy atom. The molecule has 0 radical (unpaired) electrons. The minimum Gasteiger partial charge on any atom is -0.379 e. The molecule has 0 amide bonds. The standard InChI is InChI=1S/C13H20FNO2/c1-2-5-16-6-7-17-10-11-3-4-13(14)12(8-11)9-15/h3-4,8H,2,5-7,9-10,15H2,1H3. The van der Waals surface area contributed by atoms with Crippen LogP contribution in [0.15, 0.2) is 18.2 Å². The summed E-state index contributed by atoms with van der Waals surface area (Å²) in [6, 6.07) is 4.87. The third-order valence-corrected chi connectivity index (χ3v) is 2.32. The fourth-order valence-corrected chi connectivity index (χ4v) is 1.43. The van der Waals surface area contributed by atoms with Gasteiger partial charge in [-0.05, 0) is 24.1 Å². The molecular formula is C13H20FNO2. The van der Waals surface area contributed by atoms with Crippen LogP contribution in [0.4, 0.5) is 4.39 Å². The Bertz CT molecular complexity index is 331. The van der Waals surface area contributed by atoms with E-state index in [9.17, 15) is 4.39 Å². The van der Waals surface area contributed by atoms with Gasteiger partial charge in [-0.3, -0.25) is 0 Å². The van der Waals surface area contributed by atoms with E-state index in [1.807, 2.05) is 0 Å². The fraction of sp³-hybridized carbons (Fsp3) is 0.538. The van der Waals surface area contributed by atoms with E-state index < -0.39 is 0 Å². The highest BCUT2D eigenvalue weighted by atomic mass is 19.1. The second-order valence-corrected chi connectivity index (χ2v) is 3.79. The molecule has 0 atom stereocenters. The lowest BCUT2D eigenvalue weighted by Crippen LogP contribution is -2.06. The van der Waals surface area contributed by atoms with Crippen LogP contribution in [0.2, 0.25) is 0 Å². The third kappa shape index (κ3) is 5.26. The molecule has 0 unspecified atom stereocenters. The Labute approximate surface area is 102 Å². The molecule has 0 spiro atoms. The van der Waals surface area contributed by atoms with Gasteiger partial charge < -0.3 is 15.2 Å². The lowest BCUT2D eigenvalue weighted by molar-refractivity contribution is 0.0408. The van der Waals surface area contributed by atoms with Crippen LogP contribution in [0.5, 0.6) is 0 Å². The van der Waals surface area contributed by atoms with Gasteiger partial charge in [0, 0.05) is 18.7 Å². The van der Waals surface area contributed by atoms with Gasteiger partial charge in [0.05, 0.1) is 19.8 Å². The molecule has 4 heteroatoms. The predicted octanol–water partition coefficient (Wildman–Crippen LogP) is 2.23. The number of nitrogens with two attached hydrogens (primary N) is 1. The number of ether oxygens (including phenoxy) is 2. The highest BCUT2D eigenvalue weighted by Gasteiger charge is 2.01. The first-order valence-corrected chi connectivity index (χ1v) is 5.90. The predicted molar refractivity (Wildman–Crippen MR) is 65.1 cm³/mol. The summed E-state index contributed by atoms with van der Waals surface area (Å²) in [6.07, 6.45) is 1.01. The zero-order chi connectivity index (χ0) is 12.5. The summed E-state index contributed by atoms with van der Waals surface area (Å²) >= 11 is 0. The summed E-state index contributed by atoms with van der Waals surface area (Å²) in [7, 11) is 0. The summed E-state index contributed by atoms with van der Waals surface area (Å²) < 4.78 is 23.9. The van der Waals surface area contributed by atoms with Crippen molar-refractivity contribution in [1.82, 2.24) is 0 Å². The van der Waals surface area contributed by atoms with Gasteiger partial charge in [0.15, 0.2) is 0 Å². The fourth-order valence-electron chi connectivity index (χ4n) is 1.43. The van der Waals surface area contributed by atoms with E-state index in [2.05, 4.69) is 6.92 Å². The van der Waals surface area contributed by atoms with Crippen LogP contribution in [0.3, 0.4) is 0 Å². The Morgan fingerprint density at radius 2 is 1.94 bits per heavy atom. The van der Waals surface area contributed by atoms with Crippen LogP contribution in [-0.4, -0.2) is 19.8 Å². The van der Waals surface area contributed by atoms with Gasteiger partial charge in [0.2, 0.25) is 0 Å². The number of rotatable bonds is 8. The van der Waals surface area contributed by atoms with Crippen molar-refractivity contribution in [3.63, 3.8) is 0 Å². The first-order chi connectivity index (χ1) is 8.27. The van der Waals surface area contributed by atoms with E-state index >= 15 is 0 Å². The maximum atomic E-state index is 13.2. The molecule has 0 aliphatic carbocycles. The number of hydrogen-bond donors (Lipinski definition) is 1. The molecule has 1 rings (SSSR count). The molecule has 3 nitrogen and oxygen atoms in total. The SMILES string of the molecule is CCCOCCOCc1ccc(F)c(CN)c1. The van der Waals surface area contributed by atoms with E-state index in [-0.39, 0.29) is 12.4 Å². The monoisotopic (exact) mass is 241 g/mol. The number of benzene rings is 1. The van der Waals surface area contributed by atoms with Crippen molar-refractivity contribution in [2.45, 2.75) is 26.5 Å². The van der Waals surface area contributed by atoms with Crippen molar-refractivity contribution < 1.29 is 13.9 Å². The summed E-state index contributed by atoms with van der Waals surface area (Å²) in [4.78, 5) is 0. The zero-order valence-electron chi connectivity index (χ0n) is 10.2. The third-order valence-electron chi connectivity index (χ3n) is 2.32. The van der Waals surface area contributed by atoms with Crippen molar-refractivity contribution in [2.75, 3.05) is 19.8 Å². The summed E-state index contributed by atoms with van der Waals surface area (Å²) in [5, 5.41) is 0. The van der Waals surface area contributed by atoms with Crippen LogP contribution in [0.1, 0.15) is 24.5 Å². The summed E-state index contributed by atoms with van der Waals surface area (Å²) in [5.41, 5.74) is 6.88. The molecular weight excluding hydrogens is 221 g/mol. The van der Waals surface area contributed by atoms with Gasteiger partial charge in [-0.25, -0.2) is 4.39 Å². The van der Waals surface area contributed by atoms with Crippen molar-refractivity contribution in [3.8, 4) is 0 Å². The van der Waals surface area contributed by atoms with Crippen LogP contribution in [0, 0.1) is 5.82 Å². The Kier molecular flexibility index (Phi) is 6.77. The van der Waals surface area contributed by atoms with Crippen LogP contribution < -0.4 is 5.73 Å². The lowest BCUT2D eigenvalue weighted by Gasteiger charge is -2.07. The van der Waals surface area contributed by atoms with Gasteiger partial charge in [0.1, 0.15) is 5.82 Å². The first kappa shape index (κ1) is 14.1. The van der Waals surface area contributed by atoms with Gasteiger partial charge in [-0.15, -0.1) is 0 Å². The molecule has 0 saturated carbocycles. The van der Waals surface area contributed by atoms with E-state index in [0.717, 1.165) is 18.6 Å². The maximum absolute atomic E-state index is 13.2. The van der Waals surface area contributed by atoms with Gasteiger partial charge in [0.25, 0.3) is 0 Å². The Morgan fingerprint density at radius 1 is 1.18 bits per heavy atom. The molecule has 96 valence electrons. The normalized spacial score (nSPS) is 10.8. The van der Waals surface area contributed by atoms with Crippen molar-refractivity contribution in [3.05, 3.63) is 35.1 Å². The van der Waals surface area contributed by atoms with Crippen molar-refractivity contribution in [2.24, 2.45) is 5.73 Å². The summed E-state index contributed by atoms with van der Waals surface area (Å²) in [6.45, 7) is 4.64. The van der Waals surface area contributed by atoms with Crippen LogP contribution >= 0.6 is 0 Å². The smallest absolute Gasteiger partial charge is 0.127 e. The second kappa shape index (κ2) is 8.17. The Hall–Kier alpha value is -0.970. The molecule has 0 bridgehead atoms. The van der Waals surface area contributed by atoms with Crippen molar-refractivity contribution in [1.29, 1.82) is 0 Å². The van der Waals surface area contributed by atoms with E-state index in [1.165, 1.54) is 6.07 Å². The highest BCUT2D eigenvalue weighted by Crippen LogP contribution is 2.10. The highest BCUT2D eigenvalue weighted by molar-refractivity contribution is 5.24. The molecule has 0 fully saturated rings. The van der Waals surface area contributed by atoms with Crippen LogP contribution in [0.25, 0.3) is 0 Å². The van der Waals surface area contributed by atoms with E-state index in [4.69, 9.17) is 15.2 Å². The molecule has 0 aromatic heterocycles. The zero-order valence-corrected chi connectivity index (χ0v) is 10.2. The topological polar surface area (TPSA) is 44.5 Å². The number of hydrogen-bond acceptors (Lipinski definition) is 3. The first-order valence-electron chi connectivity index (χ1n) is 5.90. The second-order valence-electron chi connectivity index (χ2n) is 3.79. The molecule has 1 aromatic carbocycles. The maximum Gasteiger partial charge on any atom is 0.127 e. The molecule has 0 heterocycles. The van der Waals surface area contributed by atoms with Crippen molar-refractivity contribution >= 4 is 0 Å². The molecule has 1 aromatic rings. The van der Waals surface area contributed by atoms with E-state index in [1.54, 1.807) is 12.1 Å². The van der Waals surface area contributed by atoms with Gasteiger partial charge in [-0.1, -0.05) is 13.0 Å². The average Bonchev–Trinajstić information content (AvgIpc) is 2.35. The molecule has 2 N–H and O–H groups in total. The van der Waals surface area contributed by atoms with E-state index in [0.29, 0.717) is 25.4 Å². The number of halogens is 1. The average molecular weight is 241 g/mol. The lowest BCUT2D eigenvalue weighted by atomic mass is 10.1. The summed E-state index contributed by atoms with van der Waals surface area (Å²) in [5.74, 6) is -0.262. The molecule has 17 heavy (non-hydrogen) atoms. The molecule has 0 aliphatic heterocycles. The molecule has 0 aliphatic rings. The quantitative estimate of drug-likeness (QED) is 0.710. The molecule has 0 saturated heterocycles. The largest absolute Gasteiger partial charge is 0.379 e.